The van der Waals surface area contributed by atoms with Gasteiger partial charge in [-0.3, -0.25) is 4.79 Å². The predicted octanol–water partition coefficient (Wildman–Crippen LogP) is 3.27. The van der Waals surface area contributed by atoms with Crippen molar-refractivity contribution in [2.75, 3.05) is 33.4 Å². The van der Waals surface area contributed by atoms with E-state index in [4.69, 9.17) is 25.8 Å². The third-order valence-corrected chi connectivity index (χ3v) is 4.26. The average Bonchev–Trinajstić information content (AvgIpc) is 2.67. The largest absolute Gasteiger partial charge is 0.497 e. The molecule has 25 heavy (non-hydrogen) atoms. The van der Waals surface area contributed by atoms with Gasteiger partial charge in [0.25, 0.3) is 5.91 Å². The number of carbonyl (C=O) groups is 1. The SMILES string of the molecule is COc1ccc(OC[C@H]2CN(C(=O)c3ccc(Cl)cc3)CCO2)cc1. The number of hydrogen-bond acceptors (Lipinski definition) is 4. The van der Waals surface area contributed by atoms with Crippen LogP contribution in [0.15, 0.2) is 48.5 Å². The minimum absolute atomic E-state index is 0.0191. The third kappa shape index (κ3) is 4.65. The van der Waals surface area contributed by atoms with Crippen molar-refractivity contribution in [3.8, 4) is 11.5 Å². The Morgan fingerprint density at radius 3 is 2.52 bits per heavy atom. The van der Waals surface area contributed by atoms with E-state index in [1.165, 1.54) is 0 Å². The fourth-order valence-electron chi connectivity index (χ4n) is 2.64. The Bertz CT molecular complexity index is 702. The lowest BCUT2D eigenvalue weighted by Crippen LogP contribution is -2.47. The van der Waals surface area contributed by atoms with Gasteiger partial charge in [-0.25, -0.2) is 0 Å². The summed E-state index contributed by atoms with van der Waals surface area (Å²) in [5.41, 5.74) is 0.626. The normalized spacial score (nSPS) is 17.2. The Morgan fingerprint density at radius 2 is 1.84 bits per heavy atom. The minimum atomic E-state index is -0.160. The Balaban J connectivity index is 1.55. The van der Waals surface area contributed by atoms with Crippen LogP contribution < -0.4 is 9.47 Å². The van der Waals surface area contributed by atoms with Crippen LogP contribution >= 0.6 is 11.6 Å². The van der Waals surface area contributed by atoms with Crippen LogP contribution in [0.1, 0.15) is 10.4 Å². The van der Waals surface area contributed by atoms with Crippen LogP contribution in [-0.4, -0.2) is 50.3 Å². The summed E-state index contributed by atoms with van der Waals surface area (Å²) in [4.78, 5) is 14.4. The highest BCUT2D eigenvalue weighted by molar-refractivity contribution is 6.30. The molecule has 1 heterocycles. The quantitative estimate of drug-likeness (QED) is 0.820. The molecule has 0 bridgehead atoms. The van der Waals surface area contributed by atoms with E-state index in [0.717, 1.165) is 11.5 Å². The van der Waals surface area contributed by atoms with E-state index in [1.54, 1.807) is 36.3 Å². The molecule has 1 amide bonds. The van der Waals surface area contributed by atoms with Gasteiger partial charge in [-0.2, -0.15) is 0 Å². The number of hydrogen-bond donors (Lipinski definition) is 0. The monoisotopic (exact) mass is 361 g/mol. The topological polar surface area (TPSA) is 48.0 Å². The van der Waals surface area contributed by atoms with Gasteiger partial charge in [-0.05, 0) is 48.5 Å². The van der Waals surface area contributed by atoms with Gasteiger partial charge in [0.15, 0.2) is 0 Å². The van der Waals surface area contributed by atoms with E-state index in [2.05, 4.69) is 0 Å². The van der Waals surface area contributed by atoms with Gasteiger partial charge in [0.2, 0.25) is 0 Å². The Morgan fingerprint density at radius 1 is 1.16 bits per heavy atom. The van der Waals surface area contributed by atoms with Crippen LogP contribution in [0.3, 0.4) is 0 Å². The van der Waals surface area contributed by atoms with Crippen molar-refractivity contribution < 1.29 is 19.0 Å². The molecule has 0 spiro atoms. The molecule has 0 saturated carbocycles. The van der Waals surface area contributed by atoms with Crippen molar-refractivity contribution in [3.63, 3.8) is 0 Å². The van der Waals surface area contributed by atoms with Crippen LogP contribution in [0.25, 0.3) is 0 Å². The molecule has 0 N–H and O–H groups in total. The zero-order valence-corrected chi connectivity index (χ0v) is 14.7. The fourth-order valence-corrected chi connectivity index (χ4v) is 2.77. The van der Waals surface area contributed by atoms with Crippen LogP contribution in [0.4, 0.5) is 0 Å². The highest BCUT2D eigenvalue weighted by Crippen LogP contribution is 2.18. The second-order valence-electron chi connectivity index (χ2n) is 5.74. The highest BCUT2D eigenvalue weighted by atomic mass is 35.5. The Hall–Kier alpha value is -2.24. The number of rotatable bonds is 5. The molecule has 0 unspecified atom stereocenters. The van der Waals surface area contributed by atoms with Crippen molar-refractivity contribution in [3.05, 3.63) is 59.1 Å². The lowest BCUT2D eigenvalue weighted by molar-refractivity contribution is -0.0401. The first-order valence-electron chi connectivity index (χ1n) is 8.09. The van der Waals surface area contributed by atoms with Crippen molar-refractivity contribution in [2.24, 2.45) is 0 Å². The van der Waals surface area contributed by atoms with E-state index in [0.29, 0.717) is 36.9 Å². The van der Waals surface area contributed by atoms with Gasteiger partial charge < -0.3 is 19.1 Å². The summed E-state index contributed by atoms with van der Waals surface area (Å²) in [7, 11) is 1.62. The zero-order valence-electron chi connectivity index (χ0n) is 14.0. The average molecular weight is 362 g/mol. The van der Waals surface area contributed by atoms with Gasteiger partial charge in [0.1, 0.15) is 24.2 Å². The molecule has 1 aliphatic rings. The number of benzene rings is 2. The predicted molar refractivity (Wildman–Crippen MR) is 95.6 cm³/mol. The smallest absolute Gasteiger partial charge is 0.254 e. The molecular formula is C19H20ClNO4. The molecule has 0 aromatic heterocycles. The maximum Gasteiger partial charge on any atom is 0.254 e. The van der Waals surface area contributed by atoms with Crippen molar-refractivity contribution in [2.45, 2.75) is 6.10 Å². The number of ether oxygens (including phenoxy) is 3. The molecule has 0 radical (unpaired) electrons. The van der Waals surface area contributed by atoms with E-state index in [-0.39, 0.29) is 12.0 Å². The van der Waals surface area contributed by atoms with Crippen molar-refractivity contribution in [1.82, 2.24) is 4.90 Å². The molecule has 132 valence electrons. The summed E-state index contributed by atoms with van der Waals surface area (Å²) >= 11 is 5.87. The van der Waals surface area contributed by atoms with Gasteiger partial charge in [0, 0.05) is 17.1 Å². The molecule has 2 aromatic rings. The lowest BCUT2D eigenvalue weighted by atomic mass is 10.1. The molecule has 2 aromatic carbocycles. The highest BCUT2D eigenvalue weighted by Gasteiger charge is 2.25. The molecular weight excluding hydrogens is 342 g/mol. The maximum absolute atomic E-state index is 12.6. The molecule has 3 rings (SSSR count). The molecule has 1 atom stereocenters. The summed E-state index contributed by atoms with van der Waals surface area (Å²) in [6, 6.07) is 14.3. The summed E-state index contributed by atoms with van der Waals surface area (Å²) in [5, 5.41) is 0.615. The first-order valence-corrected chi connectivity index (χ1v) is 8.47. The van der Waals surface area contributed by atoms with Gasteiger partial charge in [-0.15, -0.1) is 0 Å². The number of methoxy groups -OCH3 is 1. The van der Waals surface area contributed by atoms with E-state index in [1.807, 2.05) is 24.3 Å². The van der Waals surface area contributed by atoms with Crippen LogP contribution in [0, 0.1) is 0 Å². The molecule has 6 heteroatoms. The summed E-state index contributed by atoms with van der Waals surface area (Å²) in [6.45, 7) is 1.95. The van der Waals surface area contributed by atoms with Crippen LogP contribution in [0.5, 0.6) is 11.5 Å². The molecule has 1 saturated heterocycles. The van der Waals surface area contributed by atoms with Crippen molar-refractivity contribution >= 4 is 17.5 Å². The summed E-state index contributed by atoms with van der Waals surface area (Å²) in [5.74, 6) is 1.50. The number of carbonyl (C=O) groups excluding carboxylic acids is 1. The molecule has 5 nitrogen and oxygen atoms in total. The standard InChI is InChI=1S/C19H20ClNO4/c1-23-16-6-8-17(9-7-16)25-13-18-12-21(10-11-24-18)19(22)14-2-4-15(20)5-3-14/h2-9,18H,10-13H2,1H3/t18-/m1/s1. The van der Waals surface area contributed by atoms with E-state index >= 15 is 0 Å². The second-order valence-corrected chi connectivity index (χ2v) is 6.17. The maximum atomic E-state index is 12.6. The molecule has 1 aliphatic heterocycles. The zero-order chi connectivity index (χ0) is 17.6. The lowest BCUT2D eigenvalue weighted by Gasteiger charge is -2.33. The van der Waals surface area contributed by atoms with Gasteiger partial charge in [-0.1, -0.05) is 11.6 Å². The van der Waals surface area contributed by atoms with Gasteiger partial charge in [0.05, 0.1) is 20.3 Å². The number of halogens is 1. The van der Waals surface area contributed by atoms with Crippen LogP contribution in [-0.2, 0) is 4.74 Å². The molecule has 0 aliphatic carbocycles. The first-order chi connectivity index (χ1) is 12.2. The number of morpholine rings is 1. The van der Waals surface area contributed by atoms with E-state index < -0.39 is 0 Å². The second kappa shape index (κ2) is 8.23. The number of nitrogens with zero attached hydrogens (tertiary/aromatic N) is 1. The molecule has 1 fully saturated rings. The Kier molecular flexibility index (Phi) is 5.79. The van der Waals surface area contributed by atoms with Crippen molar-refractivity contribution in [1.29, 1.82) is 0 Å². The number of amides is 1. The fraction of sp³-hybridized carbons (Fsp3) is 0.316. The van der Waals surface area contributed by atoms with Gasteiger partial charge >= 0.3 is 0 Å². The minimum Gasteiger partial charge on any atom is -0.497 e. The summed E-state index contributed by atoms with van der Waals surface area (Å²) in [6.07, 6.45) is -0.160. The third-order valence-electron chi connectivity index (χ3n) is 4.01. The summed E-state index contributed by atoms with van der Waals surface area (Å²) < 4.78 is 16.6. The first kappa shape index (κ1) is 17.6. The van der Waals surface area contributed by atoms with Crippen LogP contribution in [0.2, 0.25) is 5.02 Å². The Labute approximate surface area is 152 Å². The van der Waals surface area contributed by atoms with E-state index in [9.17, 15) is 4.79 Å².